The molecule has 3 aliphatic carbocycles. The molecule has 25 heavy (non-hydrogen) atoms. The number of aliphatic hydroxyl groups is 1. The highest BCUT2D eigenvalue weighted by Gasteiger charge is 2.71. The van der Waals surface area contributed by atoms with Gasteiger partial charge in [-0.15, -0.1) is 0 Å². The van der Waals surface area contributed by atoms with Crippen LogP contribution in [-0.2, 0) is 11.8 Å². The summed E-state index contributed by atoms with van der Waals surface area (Å²) in [6.45, 7) is 6.40. The van der Waals surface area contributed by atoms with Gasteiger partial charge in [0.15, 0.2) is 11.5 Å². The van der Waals surface area contributed by atoms with Crippen molar-refractivity contribution in [2.75, 3.05) is 13.1 Å². The lowest BCUT2D eigenvalue weighted by Crippen LogP contribution is -2.75. The summed E-state index contributed by atoms with van der Waals surface area (Å²) >= 11 is 0. The van der Waals surface area contributed by atoms with Gasteiger partial charge in [0.1, 0.15) is 6.10 Å². The maximum absolute atomic E-state index is 12.1. The highest BCUT2D eigenvalue weighted by Crippen LogP contribution is 2.66. The van der Waals surface area contributed by atoms with Gasteiger partial charge in [-0.25, -0.2) is 0 Å². The molecule has 2 aliphatic heterocycles. The van der Waals surface area contributed by atoms with E-state index in [0.29, 0.717) is 5.75 Å². The third-order valence-electron chi connectivity index (χ3n) is 7.71. The van der Waals surface area contributed by atoms with Gasteiger partial charge in [-0.2, -0.15) is 0 Å². The Morgan fingerprint density at radius 2 is 2.12 bits per heavy atom. The van der Waals surface area contributed by atoms with Crippen molar-refractivity contribution in [3.05, 3.63) is 35.4 Å². The molecule has 6 rings (SSSR count). The van der Waals surface area contributed by atoms with Crippen LogP contribution in [0.2, 0.25) is 0 Å². The average molecular weight is 339 g/mol. The molecule has 132 valence electrons. The number of likely N-dealkylation sites (tertiary alicyclic amines) is 1. The van der Waals surface area contributed by atoms with Gasteiger partial charge in [-0.1, -0.05) is 12.6 Å². The second-order valence-corrected chi connectivity index (χ2v) is 8.91. The van der Waals surface area contributed by atoms with E-state index in [1.807, 2.05) is 6.07 Å². The Hall–Kier alpha value is -1.52. The number of phenolic OH excluding ortho intramolecular Hbond substituents is 1. The molecule has 2 heterocycles. The summed E-state index contributed by atoms with van der Waals surface area (Å²) in [5.74, 6) is 1.64. The Kier molecular flexibility index (Phi) is 2.58. The summed E-state index contributed by atoms with van der Waals surface area (Å²) in [4.78, 5) is 2.56. The Balaban J connectivity index is 1.58. The van der Waals surface area contributed by atoms with Crippen molar-refractivity contribution in [3.63, 3.8) is 0 Å². The summed E-state index contributed by atoms with van der Waals surface area (Å²) in [5.41, 5.74) is 2.21. The fraction of sp³-hybridized carbons (Fsp3) is 0.619. The standard InChI is InChI=1S/C21H25NO3/c1-12-6-7-21(24)16-10-14-4-5-15(23)18-17(14)20(21,19(12)25-18)8-9-22(16)11-13-2-3-13/h4-5,13,16,19,23-24H,1-3,6-11H2/t16-,19?,20?,21-/m1/s1. The summed E-state index contributed by atoms with van der Waals surface area (Å²) < 4.78 is 6.29. The van der Waals surface area contributed by atoms with Crippen LogP contribution in [0.3, 0.4) is 0 Å². The van der Waals surface area contributed by atoms with Crippen molar-refractivity contribution >= 4 is 0 Å². The van der Waals surface area contributed by atoms with E-state index < -0.39 is 11.0 Å². The summed E-state index contributed by atoms with van der Waals surface area (Å²) in [7, 11) is 0. The molecule has 5 aliphatic rings. The molecule has 4 nitrogen and oxygen atoms in total. The molecule has 0 aromatic heterocycles. The molecule has 4 atom stereocenters. The van der Waals surface area contributed by atoms with Gasteiger partial charge in [-0.05, 0) is 68.2 Å². The molecule has 1 spiro atoms. The number of aromatic hydroxyl groups is 1. The predicted molar refractivity (Wildman–Crippen MR) is 93.9 cm³/mol. The average Bonchev–Trinajstić information content (AvgIpc) is 3.32. The number of piperidine rings is 1. The molecular formula is C21H25NO3. The maximum atomic E-state index is 12.1. The Bertz CT molecular complexity index is 801. The van der Waals surface area contributed by atoms with Gasteiger partial charge in [0.05, 0.1) is 11.0 Å². The lowest BCUT2D eigenvalue weighted by atomic mass is 9.48. The summed E-state index contributed by atoms with van der Waals surface area (Å²) in [5, 5.41) is 22.5. The first-order chi connectivity index (χ1) is 12.0. The third-order valence-corrected chi connectivity index (χ3v) is 7.71. The van der Waals surface area contributed by atoms with E-state index in [0.717, 1.165) is 55.8 Å². The monoisotopic (exact) mass is 339 g/mol. The molecule has 1 saturated heterocycles. The Morgan fingerprint density at radius 3 is 2.92 bits per heavy atom. The second kappa shape index (κ2) is 4.41. The molecule has 3 fully saturated rings. The van der Waals surface area contributed by atoms with Crippen LogP contribution in [0, 0.1) is 5.92 Å². The van der Waals surface area contributed by atoms with E-state index in [1.54, 1.807) is 6.07 Å². The van der Waals surface area contributed by atoms with E-state index in [9.17, 15) is 10.2 Å². The van der Waals surface area contributed by atoms with Crippen LogP contribution in [-0.4, -0.2) is 45.9 Å². The zero-order valence-corrected chi connectivity index (χ0v) is 14.5. The smallest absolute Gasteiger partial charge is 0.166 e. The second-order valence-electron chi connectivity index (χ2n) is 8.91. The topological polar surface area (TPSA) is 52.9 Å². The van der Waals surface area contributed by atoms with Crippen molar-refractivity contribution in [3.8, 4) is 11.5 Å². The zero-order chi connectivity index (χ0) is 17.0. The zero-order valence-electron chi connectivity index (χ0n) is 14.5. The molecular weight excluding hydrogens is 314 g/mol. The quantitative estimate of drug-likeness (QED) is 0.813. The molecule has 2 unspecified atom stereocenters. The molecule has 2 saturated carbocycles. The highest BCUT2D eigenvalue weighted by atomic mass is 16.5. The first-order valence-electron chi connectivity index (χ1n) is 9.71. The number of rotatable bonds is 2. The van der Waals surface area contributed by atoms with Crippen LogP contribution in [0.5, 0.6) is 11.5 Å². The minimum Gasteiger partial charge on any atom is -0.504 e. The van der Waals surface area contributed by atoms with Crippen molar-refractivity contribution < 1.29 is 14.9 Å². The van der Waals surface area contributed by atoms with E-state index in [-0.39, 0.29) is 17.9 Å². The molecule has 0 amide bonds. The number of ether oxygens (including phenoxy) is 1. The largest absolute Gasteiger partial charge is 0.504 e. The molecule has 2 bridgehead atoms. The molecule has 1 aromatic rings. The van der Waals surface area contributed by atoms with Crippen LogP contribution in [0.15, 0.2) is 24.3 Å². The van der Waals surface area contributed by atoms with Gasteiger partial charge in [0.25, 0.3) is 0 Å². The van der Waals surface area contributed by atoms with E-state index in [4.69, 9.17) is 4.74 Å². The summed E-state index contributed by atoms with van der Waals surface area (Å²) in [6.07, 6.45) is 5.79. The fourth-order valence-corrected chi connectivity index (χ4v) is 6.39. The number of benzene rings is 1. The SMILES string of the molecule is C=C1CC[C@@]2(O)[C@H]3Cc4ccc(O)c5c4C2(CCN3CC2CC2)C1O5. The van der Waals surface area contributed by atoms with E-state index in [2.05, 4.69) is 11.5 Å². The van der Waals surface area contributed by atoms with Gasteiger partial charge in [0.2, 0.25) is 0 Å². The Labute approximate surface area is 148 Å². The van der Waals surface area contributed by atoms with Crippen molar-refractivity contribution in [2.45, 2.75) is 61.7 Å². The Morgan fingerprint density at radius 1 is 1.28 bits per heavy atom. The van der Waals surface area contributed by atoms with E-state index in [1.165, 1.54) is 18.4 Å². The van der Waals surface area contributed by atoms with Crippen molar-refractivity contribution in [1.29, 1.82) is 0 Å². The van der Waals surface area contributed by atoms with Crippen molar-refractivity contribution in [1.82, 2.24) is 4.90 Å². The van der Waals surface area contributed by atoms with Crippen LogP contribution in [0.1, 0.15) is 43.2 Å². The first-order valence-corrected chi connectivity index (χ1v) is 9.71. The maximum Gasteiger partial charge on any atom is 0.166 e. The lowest BCUT2D eigenvalue weighted by Gasteiger charge is -2.63. The van der Waals surface area contributed by atoms with Gasteiger partial charge in [0, 0.05) is 18.2 Å². The minimum absolute atomic E-state index is 0.157. The van der Waals surface area contributed by atoms with Gasteiger partial charge < -0.3 is 14.9 Å². The lowest BCUT2D eigenvalue weighted by molar-refractivity contribution is -0.174. The van der Waals surface area contributed by atoms with Crippen LogP contribution < -0.4 is 4.74 Å². The number of hydrogen-bond donors (Lipinski definition) is 2. The highest BCUT2D eigenvalue weighted by molar-refractivity contribution is 5.63. The molecule has 2 N–H and O–H groups in total. The van der Waals surface area contributed by atoms with Crippen LogP contribution in [0.25, 0.3) is 0 Å². The van der Waals surface area contributed by atoms with E-state index >= 15 is 0 Å². The predicted octanol–water partition coefficient (Wildman–Crippen LogP) is 2.51. The van der Waals surface area contributed by atoms with Crippen LogP contribution >= 0.6 is 0 Å². The number of nitrogens with zero attached hydrogens (tertiary/aromatic N) is 1. The number of phenols is 1. The van der Waals surface area contributed by atoms with Crippen molar-refractivity contribution in [2.24, 2.45) is 5.92 Å². The molecule has 4 heteroatoms. The van der Waals surface area contributed by atoms with Gasteiger partial charge >= 0.3 is 0 Å². The molecule has 0 radical (unpaired) electrons. The normalized spacial score (nSPS) is 41.4. The summed E-state index contributed by atoms with van der Waals surface area (Å²) in [6, 6.07) is 3.96. The third kappa shape index (κ3) is 1.57. The fourth-order valence-electron chi connectivity index (χ4n) is 6.39. The van der Waals surface area contributed by atoms with Gasteiger partial charge in [-0.3, -0.25) is 4.90 Å². The molecule has 1 aromatic carbocycles. The first kappa shape index (κ1) is 14.6. The number of hydrogen-bond acceptors (Lipinski definition) is 4. The van der Waals surface area contributed by atoms with Crippen LogP contribution in [0.4, 0.5) is 0 Å². The minimum atomic E-state index is -0.780.